The van der Waals surface area contributed by atoms with Gasteiger partial charge in [-0.15, -0.1) is 11.3 Å². The lowest BCUT2D eigenvalue weighted by atomic mass is 10.0. The van der Waals surface area contributed by atoms with E-state index in [1.807, 2.05) is 0 Å². The van der Waals surface area contributed by atoms with E-state index in [0.717, 1.165) is 17.4 Å². The van der Waals surface area contributed by atoms with E-state index in [2.05, 4.69) is 10.3 Å². The van der Waals surface area contributed by atoms with E-state index >= 15 is 0 Å². The number of nitrogens with one attached hydrogen (secondary N) is 1. The predicted octanol–water partition coefficient (Wildman–Crippen LogP) is 0.976. The first-order valence-corrected chi connectivity index (χ1v) is 6.50. The van der Waals surface area contributed by atoms with Crippen LogP contribution in [0.2, 0.25) is 0 Å². The number of nitro groups is 1. The number of anilines is 1. The number of carbonyl (C=O) groups is 2. The van der Waals surface area contributed by atoms with Crippen molar-refractivity contribution < 1.29 is 19.6 Å². The Labute approximate surface area is 122 Å². The zero-order valence-corrected chi connectivity index (χ0v) is 11.5. The lowest BCUT2D eigenvalue weighted by Crippen LogP contribution is -2.27. The highest BCUT2D eigenvalue weighted by atomic mass is 32.1. The highest BCUT2D eigenvalue weighted by Gasteiger charge is 2.22. The molecule has 0 unspecified atom stereocenters. The van der Waals surface area contributed by atoms with Crippen molar-refractivity contribution in [2.24, 2.45) is 0 Å². The molecule has 0 aliphatic heterocycles. The maximum Gasteiger partial charge on any atom is 0.279 e. The normalized spacial score (nSPS) is 10.1. The molecule has 8 nitrogen and oxygen atoms in total. The second-order valence-electron chi connectivity index (χ2n) is 3.99. The zero-order chi connectivity index (χ0) is 15.6. The van der Waals surface area contributed by atoms with Crippen LogP contribution in [-0.4, -0.2) is 21.8 Å². The highest BCUT2D eigenvalue weighted by Crippen LogP contribution is 2.23. The van der Waals surface area contributed by atoms with Gasteiger partial charge < -0.3 is 9.90 Å². The minimum absolute atomic E-state index is 0.272. The molecule has 0 aliphatic carbocycles. The van der Waals surface area contributed by atoms with Crippen LogP contribution in [0.25, 0.3) is 0 Å². The summed E-state index contributed by atoms with van der Waals surface area (Å²) in [7, 11) is 0. The lowest BCUT2D eigenvalue weighted by Gasteiger charge is -2.10. The van der Waals surface area contributed by atoms with Crippen LogP contribution >= 0.6 is 11.3 Å². The Balaban J connectivity index is 2.43. The summed E-state index contributed by atoms with van der Waals surface area (Å²) < 4.78 is 0. The minimum Gasteiger partial charge on any atom is -0.545 e. The molecular formula is C12H8N3O5S-. The average Bonchev–Trinajstić information content (AvgIpc) is 2.82. The Hall–Kier alpha value is -2.81. The third kappa shape index (κ3) is 3.03. The summed E-state index contributed by atoms with van der Waals surface area (Å²) in [6.07, 6.45) is 0. The molecule has 1 N–H and O–H groups in total. The number of aromatic nitrogens is 1. The quantitative estimate of drug-likeness (QED) is 0.662. The van der Waals surface area contributed by atoms with Gasteiger partial charge in [0.2, 0.25) is 0 Å². The van der Waals surface area contributed by atoms with Gasteiger partial charge in [0.25, 0.3) is 11.6 Å². The second-order valence-corrected chi connectivity index (χ2v) is 4.85. The van der Waals surface area contributed by atoms with Crippen molar-refractivity contribution in [3.63, 3.8) is 0 Å². The Kier molecular flexibility index (Phi) is 3.94. The van der Waals surface area contributed by atoms with Crippen LogP contribution in [0.4, 0.5) is 10.8 Å². The van der Waals surface area contributed by atoms with E-state index in [1.54, 1.807) is 12.3 Å². The Morgan fingerprint density at radius 2 is 2.10 bits per heavy atom. The second kappa shape index (κ2) is 5.67. The molecule has 9 heteroatoms. The number of nitro benzene ring substituents is 1. The maximum absolute atomic E-state index is 12.1. The van der Waals surface area contributed by atoms with Crippen molar-refractivity contribution in [3.05, 3.63) is 50.5 Å². The number of carboxylic acids is 1. The maximum atomic E-state index is 12.1. The number of nitrogens with zero attached hydrogens (tertiary/aromatic N) is 2. The number of aryl methyl sites for hydroxylation is 1. The van der Waals surface area contributed by atoms with Gasteiger partial charge in [-0.25, -0.2) is 4.98 Å². The van der Waals surface area contributed by atoms with E-state index in [0.29, 0.717) is 5.69 Å². The summed E-state index contributed by atoms with van der Waals surface area (Å²) in [4.78, 5) is 37.1. The van der Waals surface area contributed by atoms with Crippen LogP contribution in [0.15, 0.2) is 23.6 Å². The largest absolute Gasteiger partial charge is 0.545 e. The van der Waals surface area contributed by atoms with Crippen molar-refractivity contribution in [1.82, 2.24) is 4.98 Å². The van der Waals surface area contributed by atoms with Gasteiger partial charge >= 0.3 is 0 Å². The molecule has 1 aromatic carbocycles. The molecule has 0 atom stereocenters. The first-order valence-electron chi connectivity index (χ1n) is 5.62. The molecule has 0 saturated carbocycles. The van der Waals surface area contributed by atoms with E-state index in [-0.39, 0.29) is 10.7 Å². The topological polar surface area (TPSA) is 125 Å². The van der Waals surface area contributed by atoms with Crippen LogP contribution in [-0.2, 0) is 0 Å². The van der Waals surface area contributed by atoms with Gasteiger partial charge in [-0.05, 0) is 13.0 Å². The van der Waals surface area contributed by atoms with Crippen LogP contribution < -0.4 is 10.4 Å². The summed E-state index contributed by atoms with van der Waals surface area (Å²) in [5, 5.41) is 26.3. The number of rotatable bonds is 4. The van der Waals surface area contributed by atoms with Crippen molar-refractivity contribution in [2.75, 3.05) is 5.32 Å². The fourth-order valence-corrected chi connectivity index (χ4v) is 2.36. The number of hydrogen-bond donors (Lipinski definition) is 1. The molecule has 2 rings (SSSR count). The van der Waals surface area contributed by atoms with Gasteiger partial charge in [-0.1, -0.05) is 6.07 Å². The van der Waals surface area contributed by atoms with Crippen molar-refractivity contribution in [1.29, 1.82) is 0 Å². The summed E-state index contributed by atoms with van der Waals surface area (Å²) in [5.41, 5.74) is -1.11. The summed E-state index contributed by atoms with van der Waals surface area (Å²) in [6.45, 7) is 1.73. The van der Waals surface area contributed by atoms with E-state index in [9.17, 15) is 24.8 Å². The lowest BCUT2D eigenvalue weighted by molar-refractivity contribution is -0.385. The van der Waals surface area contributed by atoms with Gasteiger partial charge in [-0.2, -0.15) is 0 Å². The first-order chi connectivity index (χ1) is 9.90. The fourth-order valence-electron chi connectivity index (χ4n) is 1.67. The molecule has 108 valence electrons. The molecule has 0 aliphatic rings. The minimum atomic E-state index is -1.79. The van der Waals surface area contributed by atoms with Crippen molar-refractivity contribution in [3.8, 4) is 0 Å². The number of carbonyl (C=O) groups excluding carboxylic acids is 2. The van der Waals surface area contributed by atoms with Crippen molar-refractivity contribution in [2.45, 2.75) is 6.92 Å². The number of amides is 1. The number of hydrogen-bond acceptors (Lipinski definition) is 7. The third-order valence-corrected chi connectivity index (χ3v) is 3.40. The van der Waals surface area contributed by atoms with Crippen LogP contribution in [0.5, 0.6) is 0 Å². The summed E-state index contributed by atoms with van der Waals surface area (Å²) >= 11 is 1.16. The van der Waals surface area contributed by atoms with Gasteiger partial charge in [0.1, 0.15) is 0 Å². The number of carboxylic acid groups (broad SMARTS) is 1. The smallest absolute Gasteiger partial charge is 0.279 e. The van der Waals surface area contributed by atoms with Gasteiger partial charge in [0, 0.05) is 11.4 Å². The Morgan fingerprint density at radius 3 is 2.62 bits per heavy atom. The summed E-state index contributed by atoms with van der Waals surface area (Å²) in [5.74, 6) is -2.59. The van der Waals surface area contributed by atoms with Crippen molar-refractivity contribution >= 4 is 34.0 Å². The fraction of sp³-hybridized carbons (Fsp3) is 0.0833. The van der Waals surface area contributed by atoms with Crippen LogP contribution in [0.1, 0.15) is 26.4 Å². The molecule has 1 amide bonds. The van der Waals surface area contributed by atoms with Crippen LogP contribution in [0, 0.1) is 17.0 Å². The van der Waals surface area contributed by atoms with Gasteiger partial charge in [0.05, 0.1) is 27.7 Å². The average molecular weight is 306 g/mol. The summed E-state index contributed by atoms with van der Waals surface area (Å²) in [6, 6.07) is 3.40. The van der Waals surface area contributed by atoms with E-state index in [4.69, 9.17) is 0 Å². The zero-order valence-electron chi connectivity index (χ0n) is 10.7. The number of thiazole rings is 1. The standard InChI is InChI=1S/C12H9N3O5S/c1-6-5-21-12(13-6)14-10(16)7-3-2-4-8(15(19)20)9(7)11(17)18/h2-5H,1H3,(H,17,18)(H,13,14,16)/p-1. The third-order valence-electron chi connectivity index (χ3n) is 2.53. The van der Waals surface area contributed by atoms with E-state index < -0.39 is 28.1 Å². The molecule has 2 aromatic rings. The van der Waals surface area contributed by atoms with E-state index in [1.165, 1.54) is 12.1 Å². The number of aromatic carboxylic acids is 1. The molecule has 1 aromatic heterocycles. The monoisotopic (exact) mass is 306 g/mol. The Bertz CT molecular complexity index is 740. The van der Waals surface area contributed by atoms with Crippen LogP contribution in [0.3, 0.4) is 0 Å². The van der Waals surface area contributed by atoms with Gasteiger partial charge in [0.15, 0.2) is 5.13 Å². The highest BCUT2D eigenvalue weighted by molar-refractivity contribution is 7.13. The molecule has 1 heterocycles. The molecule has 0 saturated heterocycles. The van der Waals surface area contributed by atoms with Gasteiger partial charge in [-0.3, -0.25) is 20.2 Å². The molecular weight excluding hydrogens is 298 g/mol. The molecule has 0 radical (unpaired) electrons. The Morgan fingerprint density at radius 1 is 1.38 bits per heavy atom. The number of benzene rings is 1. The SMILES string of the molecule is Cc1csc(NC(=O)c2cccc([N+](=O)[O-])c2C(=O)[O-])n1. The molecule has 0 spiro atoms. The predicted molar refractivity (Wildman–Crippen MR) is 72.2 cm³/mol. The molecule has 0 fully saturated rings. The molecule has 21 heavy (non-hydrogen) atoms. The first kappa shape index (κ1) is 14.6. The molecule has 0 bridgehead atoms.